The van der Waals surface area contributed by atoms with Crippen molar-refractivity contribution in [2.75, 3.05) is 26.2 Å². The lowest BCUT2D eigenvalue weighted by molar-refractivity contribution is -0.197. The molecule has 0 unspecified atom stereocenters. The lowest BCUT2D eigenvalue weighted by Gasteiger charge is -2.23. The third-order valence-electron chi connectivity index (χ3n) is 7.28. The predicted molar refractivity (Wildman–Crippen MR) is 175 cm³/mol. The first-order chi connectivity index (χ1) is 23.5. The number of carbonyl (C=O) groups excluding carboxylic acids is 6. The average molecular weight is 739 g/mol. The molecule has 0 aliphatic carbocycles. The van der Waals surface area contributed by atoms with Crippen molar-refractivity contribution in [3.05, 3.63) is 70.8 Å². The Balaban J connectivity index is 1.50. The minimum Gasteiger partial charge on any atom is -0.354 e. The second-order valence-electron chi connectivity index (χ2n) is 11.6. The zero-order valence-corrected chi connectivity index (χ0v) is 28.9. The van der Waals surface area contributed by atoms with Crippen molar-refractivity contribution >= 4 is 50.7 Å². The van der Waals surface area contributed by atoms with Crippen LogP contribution < -0.4 is 10.6 Å². The molecule has 17 nitrogen and oxygen atoms in total. The van der Waals surface area contributed by atoms with Crippen LogP contribution in [0.5, 0.6) is 0 Å². The Hall–Kier alpha value is -4.24. The molecule has 1 saturated heterocycles. The van der Waals surface area contributed by atoms with Crippen LogP contribution in [-0.4, -0.2) is 91.2 Å². The van der Waals surface area contributed by atoms with E-state index in [1.807, 2.05) is 0 Å². The molecule has 50 heavy (non-hydrogen) atoms. The topological polar surface area (TPSA) is 257 Å². The van der Waals surface area contributed by atoms with E-state index in [-0.39, 0.29) is 82.9 Å². The summed E-state index contributed by atoms with van der Waals surface area (Å²) in [7, 11) is -8.46. The average Bonchev–Trinajstić information content (AvgIpc) is 3.33. The lowest BCUT2D eigenvalue weighted by atomic mass is 10.1. The molecule has 0 spiro atoms. The fourth-order valence-electron chi connectivity index (χ4n) is 4.87. The first kappa shape index (κ1) is 40.2. The van der Waals surface area contributed by atoms with E-state index < -0.39 is 51.2 Å². The van der Waals surface area contributed by atoms with Crippen molar-refractivity contribution in [2.24, 2.45) is 0 Å². The number of nitrogens with zero attached hydrogens (tertiary/aromatic N) is 2. The van der Waals surface area contributed by atoms with E-state index in [4.69, 9.17) is 24.4 Å². The molecule has 6 N–H and O–H groups in total. The minimum absolute atomic E-state index is 0.0232. The molecule has 0 atom stereocenters. The van der Waals surface area contributed by atoms with E-state index in [1.165, 1.54) is 29.2 Å². The number of hydrogen-bond donors (Lipinski definition) is 6. The van der Waals surface area contributed by atoms with Crippen LogP contribution in [0.4, 0.5) is 0 Å². The zero-order chi connectivity index (χ0) is 36.9. The number of amides is 5. The maximum Gasteiger partial charge on any atom is 0.333 e. The first-order valence-corrected chi connectivity index (χ1v) is 19.2. The smallest absolute Gasteiger partial charge is 0.333 e. The highest BCUT2D eigenvalue weighted by Gasteiger charge is 2.32. The number of rotatable bonds is 19. The van der Waals surface area contributed by atoms with E-state index in [9.17, 15) is 37.9 Å². The van der Waals surface area contributed by atoms with Gasteiger partial charge in [-0.3, -0.25) is 33.1 Å². The second kappa shape index (κ2) is 18.7. The number of hydroxylamine groups is 2. The van der Waals surface area contributed by atoms with Gasteiger partial charge in [-0.15, -0.1) is 5.06 Å². The summed E-state index contributed by atoms with van der Waals surface area (Å²) >= 11 is 0. The molecule has 19 heteroatoms. The van der Waals surface area contributed by atoms with Gasteiger partial charge in [-0.2, -0.15) is 0 Å². The number of nitrogens with one attached hydrogen (secondary N) is 2. The molecule has 1 fully saturated rings. The van der Waals surface area contributed by atoms with Crippen molar-refractivity contribution in [3.63, 3.8) is 0 Å². The van der Waals surface area contributed by atoms with Gasteiger partial charge in [0, 0.05) is 51.9 Å². The van der Waals surface area contributed by atoms with Gasteiger partial charge in [0.15, 0.2) is 0 Å². The monoisotopic (exact) mass is 738 g/mol. The second-order valence-corrected chi connectivity index (χ2v) is 14.9. The normalized spacial score (nSPS) is 13.2. The summed E-state index contributed by atoms with van der Waals surface area (Å²) in [5.41, 5.74) is 2.05. The third-order valence-corrected chi connectivity index (χ3v) is 8.84. The number of imide groups is 1. The molecular formula is C31H40N4O13P2. The van der Waals surface area contributed by atoms with Crippen LogP contribution in [0.2, 0.25) is 0 Å². The molecule has 1 aliphatic heterocycles. The molecule has 0 aromatic heterocycles. The molecule has 0 bridgehead atoms. The van der Waals surface area contributed by atoms with Gasteiger partial charge in [0.05, 0.1) is 25.2 Å². The summed E-state index contributed by atoms with van der Waals surface area (Å²) < 4.78 is 22.4. The van der Waals surface area contributed by atoms with Crippen LogP contribution in [0, 0.1) is 0 Å². The van der Waals surface area contributed by atoms with Gasteiger partial charge in [-0.1, -0.05) is 48.5 Å². The van der Waals surface area contributed by atoms with Gasteiger partial charge >= 0.3 is 21.2 Å². The number of hydrogen-bond acceptors (Lipinski definition) is 9. The summed E-state index contributed by atoms with van der Waals surface area (Å²) in [6, 6.07) is 12.4. The van der Waals surface area contributed by atoms with Gasteiger partial charge in [0.1, 0.15) is 0 Å². The zero-order valence-electron chi connectivity index (χ0n) is 27.1. The van der Waals surface area contributed by atoms with E-state index in [2.05, 4.69) is 10.6 Å². The minimum atomic E-state index is -4.23. The van der Waals surface area contributed by atoms with Crippen LogP contribution in [0.3, 0.4) is 0 Å². The molecule has 3 rings (SSSR count). The largest absolute Gasteiger partial charge is 0.354 e. The molecule has 0 radical (unpaired) electrons. The van der Waals surface area contributed by atoms with Gasteiger partial charge in [-0.05, 0) is 28.7 Å². The first-order valence-electron chi connectivity index (χ1n) is 15.6. The van der Waals surface area contributed by atoms with E-state index in [1.54, 1.807) is 24.3 Å². The SMILES string of the molecule is O=C(Cc1ccc(CP(=O)(O)O)cc1)NCCN(CCNC(=O)Cc1ccc(CP(=O)(O)O)cc1)C(=O)CCCC(=O)ON1C(=O)CCC1=O. The van der Waals surface area contributed by atoms with Crippen molar-refractivity contribution in [1.29, 1.82) is 0 Å². The van der Waals surface area contributed by atoms with E-state index in [0.29, 0.717) is 27.3 Å². The molecule has 1 aliphatic rings. The Morgan fingerprint density at radius 1 is 0.680 bits per heavy atom. The van der Waals surface area contributed by atoms with E-state index in [0.717, 1.165) is 0 Å². The van der Waals surface area contributed by atoms with Crippen molar-refractivity contribution in [1.82, 2.24) is 20.6 Å². The number of carbonyl (C=O) groups is 6. The summed E-state index contributed by atoms with van der Waals surface area (Å²) in [5.74, 6) is -3.22. The van der Waals surface area contributed by atoms with Crippen molar-refractivity contribution in [3.8, 4) is 0 Å². The Labute approximate surface area is 287 Å². The molecular weight excluding hydrogens is 698 g/mol. The highest BCUT2D eigenvalue weighted by Crippen LogP contribution is 2.39. The highest BCUT2D eigenvalue weighted by atomic mass is 31.2. The standard InChI is InChI=1S/C31H40N4O13P2/c36-26(18-22-4-8-24(9-5-22)20-49(42,43)44)32-14-16-34(28(38)2-1-3-31(41)48-35-29(39)12-13-30(35)40)17-15-33-27(37)19-23-6-10-25(11-7-23)21-50(45,46)47/h4-11H,1-3,12-21H2,(H,32,36)(H,33,37)(H2,42,43,44)(H2,45,46,47). The van der Waals surface area contributed by atoms with Crippen molar-refractivity contribution < 1.29 is 62.3 Å². The van der Waals surface area contributed by atoms with E-state index >= 15 is 0 Å². The fraction of sp³-hybridized carbons (Fsp3) is 0.419. The molecule has 5 amide bonds. The van der Waals surface area contributed by atoms with Crippen molar-refractivity contribution in [2.45, 2.75) is 57.3 Å². The summed E-state index contributed by atoms with van der Waals surface area (Å²) in [4.78, 5) is 116. The quantitative estimate of drug-likeness (QED) is 0.0857. The molecule has 272 valence electrons. The Bertz CT molecular complexity index is 1530. The Morgan fingerprint density at radius 2 is 1.08 bits per heavy atom. The van der Waals surface area contributed by atoms with Crippen LogP contribution in [0.15, 0.2) is 48.5 Å². The predicted octanol–water partition coefficient (Wildman–Crippen LogP) is 0.666. The summed E-state index contributed by atoms with van der Waals surface area (Å²) in [6.07, 6.45) is -1.30. The molecule has 1 heterocycles. The fourth-order valence-corrected chi connectivity index (χ4v) is 6.24. The highest BCUT2D eigenvalue weighted by molar-refractivity contribution is 7.51. The summed E-state index contributed by atoms with van der Waals surface area (Å²) in [6.45, 7) is 0.224. The van der Waals surface area contributed by atoms with Gasteiger partial charge in [0.2, 0.25) is 17.7 Å². The van der Waals surface area contributed by atoms with Gasteiger partial charge in [0.25, 0.3) is 11.8 Å². The van der Waals surface area contributed by atoms with Gasteiger partial charge < -0.3 is 39.9 Å². The molecule has 0 saturated carbocycles. The Kier molecular flexibility index (Phi) is 15.0. The molecule has 2 aromatic rings. The number of benzene rings is 2. The lowest BCUT2D eigenvalue weighted by Crippen LogP contribution is -2.43. The maximum atomic E-state index is 13.1. The summed E-state index contributed by atoms with van der Waals surface area (Å²) in [5, 5.41) is 5.84. The van der Waals surface area contributed by atoms with Crippen LogP contribution >= 0.6 is 15.2 Å². The molecule has 2 aromatic carbocycles. The van der Waals surface area contributed by atoms with Crippen LogP contribution in [0.1, 0.15) is 54.4 Å². The van der Waals surface area contributed by atoms with Crippen LogP contribution in [0.25, 0.3) is 0 Å². The van der Waals surface area contributed by atoms with Gasteiger partial charge in [-0.25, -0.2) is 4.79 Å². The maximum absolute atomic E-state index is 13.1. The Morgan fingerprint density at radius 3 is 1.48 bits per heavy atom. The third kappa shape index (κ3) is 15.1. The van der Waals surface area contributed by atoms with Crippen LogP contribution in [-0.2, 0) is 67.9 Å².